The molecule has 1 amide bonds. The Bertz CT molecular complexity index is 315. The van der Waals surface area contributed by atoms with Crippen LogP contribution in [0.4, 0.5) is 0 Å². The normalized spacial score (nSPS) is 27.6. The van der Waals surface area contributed by atoms with Crippen LogP contribution in [0.2, 0.25) is 0 Å². The Morgan fingerprint density at radius 1 is 1.56 bits per heavy atom. The number of aliphatic hydroxyl groups is 1. The number of amides is 1. The van der Waals surface area contributed by atoms with Crippen LogP contribution in [0.3, 0.4) is 0 Å². The number of hydrogen-bond donors (Lipinski definition) is 2. The van der Waals surface area contributed by atoms with Crippen LogP contribution in [-0.2, 0) is 4.79 Å². The molecule has 1 atom stereocenters. The molecule has 3 N–H and O–H groups in total. The van der Waals surface area contributed by atoms with Gasteiger partial charge in [-0.3, -0.25) is 4.79 Å². The van der Waals surface area contributed by atoms with Crippen LogP contribution in [0.25, 0.3) is 0 Å². The first-order valence-corrected chi connectivity index (χ1v) is 6.21. The Kier molecular flexibility index (Phi) is 3.17. The molecule has 0 radical (unpaired) electrons. The van der Waals surface area contributed by atoms with Crippen molar-refractivity contribution in [3.63, 3.8) is 0 Å². The van der Waals surface area contributed by atoms with Gasteiger partial charge in [-0.05, 0) is 31.6 Å². The molecular formula is C11H18N2O2S. The molecule has 0 aromatic heterocycles. The number of hydrogen-bond acceptors (Lipinski definition) is 3. The number of carbonyl (C=O) groups excluding carboxylic acids is 1. The number of thiocarbonyl (C=S) groups is 1. The standard InChI is InChI=1S/C11H18N2O2S/c12-9(16)11(3-4-11)10(15)13-5-1-2-8(6-13)7-14/h8,14H,1-7H2,(H2,12,16). The van der Waals surface area contributed by atoms with Gasteiger partial charge in [0.15, 0.2) is 0 Å². The molecule has 2 rings (SSSR count). The summed E-state index contributed by atoms with van der Waals surface area (Å²) in [6, 6.07) is 0. The van der Waals surface area contributed by atoms with E-state index in [1.165, 1.54) is 0 Å². The molecule has 1 saturated carbocycles. The molecule has 5 heteroatoms. The zero-order valence-corrected chi connectivity index (χ0v) is 10.1. The molecule has 2 fully saturated rings. The van der Waals surface area contributed by atoms with Crippen LogP contribution in [0.5, 0.6) is 0 Å². The smallest absolute Gasteiger partial charge is 0.235 e. The van der Waals surface area contributed by atoms with Gasteiger partial charge < -0.3 is 15.7 Å². The second-order valence-electron chi connectivity index (χ2n) is 4.89. The van der Waals surface area contributed by atoms with Crippen LogP contribution >= 0.6 is 12.2 Å². The van der Waals surface area contributed by atoms with Gasteiger partial charge in [-0.25, -0.2) is 0 Å². The van der Waals surface area contributed by atoms with Crippen LogP contribution in [0, 0.1) is 11.3 Å². The molecule has 1 saturated heterocycles. The summed E-state index contributed by atoms with van der Waals surface area (Å²) in [6.45, 7) is 1.59. The lowest BCUT2D eigenvalue weighted by atomic mass is 9.96. The minimum Gasteiger partial charge on any atom is -0.396 e. The van der Waals surface area contributed by atoms with Crippen molar-refractivity contribution < 1.29 is 9.90 Å². The van der Waals surface area contributed by atoms with E-state index in [1.807, 2.05) is 4.90 Å². The molecule has 1 heterocycles. The summed E-state index contributed by atoms with van der Waals surface area (Å²) in [5, 5.41) is 9.13. The van der Waals surface area contributed by atoms with Gasteiger partial charge in [0.25, 0.3) is 0 Å². The van der Waals surface area contributed by atoms with E-state index in [4.69, 9.17) is 23.1 Å². The van der Waals surface area contributed by atoms with Gasteiger partial charge in [-0.1, -0.05) is 12.2 Å². The van der Waals surface area contributed by atoms with E-state index in [9.17, 15) is 4.79 Å². The number of rotatable bonds is 3. The lowest BCUT2D eigenvalue weighted by Crippen LogP contribution is -2.47. The van der Waals surface area contributed by atoms with Gasteiger partial charge in [0.1, 0.15) is 0 Å². The van der Waals surface area contributed by atoms with E-state index in [2.05, 4.69) is 0 Å². The quantitative estimate of drug-likeness (QED) is 0.698. The highest BCUT2D eigenvalue weighted by molar-refractivity contribution is 7.80. The third kappa shape index (κ3) is 1.94. The van der Waals surface area contributed by atoms with Crippen molar-refractivity contribution in [3.8, 4) is 0 Å². The van der Waals surface area contributed by atoms with Crippen molar-refractivity contribution in [2.45, 2.75) is 25.7 Å². The second kappa shape index (κ2) is 4.30. The zero-order chi connectivity index (χ0) is 11.8. The van der Waals surface area contributed by atoms with E-state index >= 15 is 0 Å². The van der Waals surface area contributed by atoms with Crippen molar-refractivity contribution in [1.29, 1.82) is 0 Å². The fourth-order valence-electron chi connectivity index (χ4n) is 2.39. The minimum atomic E-state index is -0.535. The van der Waals surface area contributed by atoms with Gasteiger partial charge in [0, 0.05) is 19.7 Å². The predicted octanol–water partition coefficient (Wildman–Crippen LogP) is 0.284. The van der Waals surface area contributed by atoms with E-state index in [0.29, 0.717) is 11.5 Å². The molecule has 0 aromatic rings. The highest BCUT2D eigenvalue weighted by atomic mass is 32.1. The van der Waals surface area contributed by atoms with Crippen LogP contribution in [0.1, 0.15) is 25.7 Å². The number of nitrogens with zero attached hydrogens (tertiary/aromatic N) is 1. The summed E-state index contributed by atoms with van der Waals surface area (Å²) in [5.41, 5.74) is 5.11. The number of piperidine rings is 1. The molecule has 1 unspecified atom stereocenters. The molecule has 90 valence electrons. The summed E-state index contributed by atoms with van der Waals surface area (Å²) in [7, 11) is 0. The molecule has 0 bridgehead atoms. The van der Waals surface area contributed by atoms with Crippen molar-refractivity contribution in [2.24, 2.45) is 17.1 Å². The van der Waals surface area contributed by atoms with Crippen molar-refractivity contribution in [1.82, 2.24) is 4.90 Å². The van der Waals surface area contributed by atoms with Gasteiger partial charge in [-0.15, -0.1) is 0 Å². The highest BCUT2D eigenvalue weighted by Gasteiger charge is 2.54. The number of likely N-dealkylation sites (tertiary alicyclic amines) is 1. The SMILES string of the molecule is NC(=S)C1(C(=O)N2CCCC(CO)C2)CC1. The maximum Gasteiger partial charge on any atom is 0.235 e. The summed E-state index contributed by atoms with van der Waals surface area (Å²) < 4.78 is 0. The average molecular weight is 242 g/mol. The van der Waals surface area contributed by atoms with Crippen molar-refractivity contribution in [2.75, 3.05) is 19.7 Å². The average Bonchev–Trinajstić information content (AvgIpc) is 3.09. The highest BCUT2D eigenvalue weighted by Crippen LogP contribution is 2.48. The molecule has 0 spiro atoms. The zero-order valence-electron chi connectivity index (χ0n) is 9.32. The maximum atomic E-state index is 12.3. The molecule has 0 aromatic carbocycles. The van der Waals surface area contributed by atoms with Crippen molar-refractivity contribution >= 4 is 23.1 Å². The van der Waals surface area contributed by atoms with Crippen LogP contribution in [-0.4, -0.2) is 40.6 Å². The van der Waals surface area contributed by atoms with E-state index in [-0.39, 0.29) is 18.4 Å². The number of carbonyl (C=O) groups is 1. The molecule has 1 aliphatic heterocycles. The molecule has 16 heavy (non-hydrogen) atoms. The third-order valence-corrected chi connectivity index (χ3v) is 4.09. The van der Waals surface area contributed by atoms with Gasteiger partial charge in [0.2, 0.25) is 5.91 Å². The maximum absolute atomic E-state index is 12.3. The number of aliphatic hydroxyl groups excluding tert-OH is 1. The first-order chi connectivity index (χ1) is 7.60. The molecular weight excluding hydrogens is 224 g/mol. The van der Waals surface area contributed by atoms with E-state index in [0.717, 1.165) is 32.2 Å². The van der Waals surface area contributed by atoms with Gasteiger partial charge >= 0.3 is 0 Å². The summed E-state index contributed by atoms with van der Waals surface area (Å²) in [5.74, 6) is 0.304. The van der Waals surface area contributed by atoms with Crippen molar-refractivity contribution in [3.05, 3.63) is 0 Å². The minimum absolute atomic E-state index is 0.0816. The fraction of sp³-hybridized carbons (Fsp3) is 0.818. The Labute approximate surface area is 101 Å². The second-order valence-corrected chi connectivity index (χ2v) is 5.33. The predicted molar refractivity (Wildman–Crippen MR) is 64.8 cm³/mol. The van der Waals surface area contributed by atoms with Crippen LogP contribution < -0.4 is 5.73 Å². The Morgan fingerprint density at radius 3 is 2.75 bits per heavy atom. The molecule has 4 nitrogen and oxygen atoms in total. The summed E-state index contributed by atoms with van der Waals surface area (Å²) in [4.78, 5) is 14.4. The van der Waals surface area contributed by atoms with Crippen LogP contribution in [0.15, 0.2) is 0 Å². The van der Waals surface area contributed by atoms with Gasteiger partial charge in [-0.2, -0.15) is 0 Å². The molecule has 1 aliphatic carbocycles. The number of nitrogens with two attached hydrogens (primary N) is 1. The molecule has 2 aliphatic rings. The Hall–Kier alpha value is -0.680. The third-order valence-electron chi connectivity index (χ3n) is 3.70. The lowest BCUT2D eigenvalue weighted by molar-refractivity contribution is -0.136. The fourth-order valence-corrected chi connectivity index (χ4v) is 2.68. The Morgan fingerprint density at radius 2 is 2.25 bits per heavy atom. The monoisotopic (exact) mass is 242 g/mol. The lowest BCUT2D eigenvalue weighted by Gasteiger charge is -2.34. The largest absolute Gasteiger partial charge is 0.396 e. The topological polar surface area (TPSA) is 66.6 Å². The van der Waals surface area contributed by atoms with E-state index < -0.39 is 5.41 Å². The summed E-state index contributed by atoms with van der Waals surface area (Å²) >= 11 is 4.98. The first kappa shape index (κ1) is 11.8. The summed E-state index contributed by atoms with van der Waals surface area (Å²) in [6.07, 6.45) is 3.55. The first-order valence-electron chi connectivity index (χ1n) is 5.80. The van der Waals surface area contributed by atoms with E-state index in [1.54, 1.807) is 0 Å². The van der Waals surface area contributed by atoms with Gasteiger partial charge in [0.05, 0.1) is 10.4 Å². The Balaban J connectivity index is 2.02.